The van der Waals surface area contributed by atoms with E-state index >= 15 is 0 Å². The van der Waals surface area contributed by atoms with Crippen molar-refractivity contribution >= 4 is 23.7 Å². The van der Waals surface area contributed by atoms with Crippen LogP contribution in [-0.4, -0.2) is 52.5 Å². The number of rotatable bonds is 6. The summed E-state index contributed by atoms with van der Waals surface area (Å²) in [5, 5.41) is 4.11. The first-order valence-electron chi connectivity index (χ1n) is 11.1. The first-order valence-corrected chi connectivity index (χ1v) is 12.1. The predicted molar refractivity (Wildman–Crippen MR) is 125 cm³/mol. The molecule has 0 saturated carbocycles. The fourth-order valence-corrected chi connectivity index (χ4v) is 5.82. The standard InChI is InChI=1S/C24H34N4S/c1-4-18-12-21(16-26-15-18)20-13-19-6-9-25-17-23(19)24(3,14-20)27-22-7-10-28(11-8-22)29-5-2/h6,9,12-13,15-16,22-23,27H,4-5,7-8,10-11,14,17H2,1-3H3. The SMILES string of the molecule is CCSN1CCC(NC2(C)CC(c3cncc(CC)c3)=CC3=CC=NCC32)CC1. The van der Waals surface area contributed by atoms with Gasteiger partial charge in [0.2, 0.25) is 0 Å². The summed E-state index contributed by atoms with van der Waals surface area (Å²) in [6.07, 6.45) is 15.1. The lowest BCUT2D eigenvalue weighted by molar-refractivity contribution is 0.198. The van der Waals surface area contributed by atoms with E-state index in [1.165, 1.54) is 54.0 Å². The van der Waals surface area contributed by atoms with Gasteiger partial charge < -0.3 is 5.32 Å². The number of hydrogen-bond donors (Lipinski definition) is 1. The molecule has 1 saturated heterocycles. The van der Waals surface area contributed by atoms with E-state index in [1.807, 2.05) is 30.6 Å². The largest absolute Gasteiger partial charge is 0.308 e. The number of hydrogen-bond acceptors (Lipinski definition) is 5. The molecular weight excluding hydrogens is 376 g/mol. The second-order valence-corrected chi connectivity index (χ2v) is 10.1. The molecule has 1 fully saturated rings. The molecule has 0 bridgehead atoms. The highest BCUT2D eigenvalue weighted by molar-refractivity contribution is 7.96. The molecule has 1 aromatic heterocycles. The number of pyridine rings is 1. The van der Waals surface area contributed by atoms with Crippen LogP contribution in [0.4, 0.5) is 0 Å². The van der Waals surface area contributed by atoms with Crippen molar-refractivity contribution in [1.82, 2.24) is 14.6 Å². The van der Waals surface area contributed by atoms with E-state index in [-0.39, 0.29) is 5.54 Å². The van der Waals surface area contributed by atoms with Crippen LogP contribution < -0.4 is 5.32 Å². The third-order valence-electron chi connectivity index (χ3n) is 6.60. The number of allylic oxidation sites excluding steroid dienone is 2. The first kappa shape index (κ1) is 20.8. The van der Waals surface area contributed by atoms with Gasteiger partial charge in [-0.15, -0.1) is 0 Å². The Bertz CT molecular complexity index is 807. The van der Waals surface area contributed by atoms with Gasteiger partial charge in [0.15, 0.2) is 0 Å². The Labute approximate surface area is 180 Å². The van der Waals surface area contributed by atoms with Gasteiger partial charge in [0.1, 0.15) is 0 Å². The van der Waals surface area contributed by atoms with Crippen LogP contribution in [0.2, 0.25) is 0 Å². The van der Waals surface area contributed by atoms with Gasteiger partial charge in [0.05, 0.1) is 0 Å². The molecule has 3 heterocycles. The maximum absolute atomic E-state index is 4.62. The van der Waals surface area contributed by atoms with E-state index in [2.05, 4.69) is 58.6 Å². The zero-order valence-corrected chi connectivity index (χ0v) is 18.8. The van der Waals surface area contributed by atoms with Crippen LogP contribution in [0.3, 0.4) is 0 Å². The Morgan fingerprint density at radius 3 is 2.83 bits per heavy atom. The maximum atomic E-state index is 4.62. The number of dihydropyridines is 1. The molecule has 0 aromatic carbocycles. The van der Waals surface area contributed by atoms with Crippen LogP contribution in [0.15, 0.2) is 41.2 Å². The van der Waals surface area contributed by atoms with Gasteiger partial charge in [-0.2, -0.15) is 0 Å². The smallest absolute Gasteiger partial charge is 0.0475 e. The minimum atomic E-state index is 0.0284. The second-order valence-electron chi connectivity index (χ2n) is 8.70. The second kappa shape index (κ2) is 9.15. The summed E-state index contributed by atoms with van der Waals surface area (Å²) in [7, 11) is 0. The van der Waals surface area contributed by atoms with E-state index in [0.717, 1.165) is 19.4 Å². The molecule has 5 heteroatoms. The van der Waals surface area contributed by atoms with Crippen molar-refractivity contribution in [2.75, 3.05) is 25.4 Å². The van der Waals surface area contributed by atoms with Crippen molar-refractivity contribution in [3.8, 4) is 0 Å². The summed E-state index contributed by atoms with van der Waals surface area (Å²) in [5.74, 6) is 1.62. The van der Waals surface area contributed by atoms with Gasteiger partial charge in [-0.3, -0.25) is 14.3 Å². The van der Waals surface area contributed by atoms with Crippen LogP contribution in [-0.2, 0) is 6.42 Å². The van der Waals surface area contributed by atoms with Gasteiger partial charge in [-0.1, -0.05) is 31.9 Å². The molecule has 1 aliphatic carbocycles. The molecular formula is C24H34N4S. The third-order valence-corrected chi connectivity index (χ3v) is 7.59. The molecule has 29 heavy (non-hydrogen) atoms. The van der Waals surface area contributed by atoms with Crippen molar-refractivity contribution < 1.29 is 0 Å². The molecule has 4 rings (SSSR count). The van der Waals surface area contributed by atoms with E-state index < -0.39 is 0 Å². The molecule has 1 aromatic rings. The Balaban J connectivity index is 1.55. The molecule has 1 N–H and O–H groups in total. The van der Waals surface area contributed by atoms with Gasteiger partial charge in [-0.25, -0.2) is 0 Å². The highest BCUT2D eigenvalue weighted by atomic mass is 32.2. The summed E-state index contributed by atoms with van der Waals surface area (Å²) in [5.41, 5.74) is 5.42. The quantitative estimate of drug-likeness (QED) is 0.699. The van der Waals surface area contributed by atoms with Gasteiger partial charge in [0, 0.05) is 61.5 Å². The van der Waals surface area contributed by atoms with Gasteiger partial charge >= 0.3 is 0 Å². The molecule has 156 valence electrons. The Morgan fingerprint density at radius 2 is 2.07 bits per heavy atom. The topological polar surface area (TPSA) is 40.5 Å². The van der Waals surface area contributed by atoms with E-state index in [0.29, 0.717) is 12.0 Å². The fourth-order valence-electron chi connectivity index (χ4n) is 4.99. The molecule has 2 aliphatic heterocycles. The van der Waals surface area contributed by atoms with Crippen molar-refractivity contribution in [3.63, 3.8) is 0 Å². The van der Waals surface area contributed by atoms with Gasteiger partial charge in [-0.05, 0) is 67.0 Å². The zero-order valence-electron chi connectivity index (χ0n) is 18.0. The highest BCUT2D eigenvalue weighted by Crippen LogP contribution is 2.42. The number of piperidine rings is 1. The summed E-state index contributed by atoms with van der Waals surface area (Å²) in [6.45, 7) is 10.1. The average molecular weight is 411 g/mol. The molecule has 0 amide bonds. The van der Waals surface area contributed by atoms with Crippen LogP contribution in [0.1, 0.15) is 51.2 Å². The monoisotopic (exact) mass is 410 g/mol. The predicted octanol–water partition coefficient (Wildman–Crippen LogP) is 4.54. The fraction of sp³-hybridized carbons (Fsp3) is 0.583. The highest BCUT2D eigenvalue weighted by Gasteiger charge is 2.42. The van der Waals surface area contributed by atoms with Crippen LogP contribution >= 0.6 is 11.9 Å². The molecule has 0 radical (unpaired) electrons. The zero-order chi connectivity index (χ0) is 20.3. The van der Waals surface area contributed by atoms with Crippen LogP contribution in [0.5, 0.6) is 0 Å². The first-order chi connectivity index (χ1) is 14.1. The molecule has 4 nitrogen and oxygen atoms in total. The van der Waals surface area contributed by atoms with E-state index in [9.17, 15) is 0 Å². The molecule has 2 unspecified atom stereocenters. The van der Waals surface area contributed by atoms with E-state index in [4.69, 9.17) is 0 Å². The number of fused-ring (bicyclic) bond motifs is 1. The minimum absolute atomic E-state index is 0.0284. The summed E-state index contributed by atoms with van der Waals surface area (Å²) >= 11 is 1.98. The van der Waals surface area contributed by atoms with E-state index in [1.54, 1.807) is 0 Å². The van der Waals surface area contributed by atoms with Crippen LogP contribution in [0.25, 0.3) is 5.57 Å². The molecule has 2 atom stereocenters. The number of nitrogens with zero attached hydrogens (tertiary/aromatic N) is 3. The number of aromatic nitrogens is 1. The maximum Gasteiger partial charge on any atom is 0.0475 e. The summed E-state index contributed by atoms with van der Waals surface area (Å²) in [4.78, 5) is 9.13. The Kier molecular flexibility index (Phi) is 6.57. The Hall–Kier alpha value is -1.43. The van der Waals surface area contributed by atoms with Crippen molar-refractivity contribution in [2.45, 2.75) is 58.0 Å². The lowest BCUT2D eigenvalue weighted by atomic mass is 9.69. The number of aryl methyl sites for hydroxylation is 1. The molecule has 0 spiro atoms. The van der Waals surface area contributed by atoms with Crippen molar-refractivity contribution in [2.24, 2.45) is 10.9 Å². The number of nitrogens with one attached hydrogen (secondary N) is 1. The van der Waals surface area contributed by atoms with Crippen LogP contribution in [0, 0.1) is 5.92 Å². The summed E-state index contributed by atoms with van der Waals surface area (Å²) in [6, 6.07) is 2.90. The van der Waals surface area contributed by atoms with Gasteiger partial charge in [0.25, 0.3) is 0 Å². The lowest BCUT2D eigenvalue weighted by Crippen LogP contribution is -2.57. The van der Waals surface area contributed by atoms with Crippen molar-refractivity contribution in [1.29, 1.82) is 0 Å². The van der Waals surface area contributed by atoms with Crippen molar-refractivity contribution in [3.05, 3.63) is 47.3 Å². The molecule has 3 aliphatic rings. The normalized spacial score (nSPS) is 28.0. The third kappa shape index (κ3) is 4.68. The number of aliphatic imine (C=N–C) groups is 1. The minimum Gasteiger partial charge on any atom is -0.308 e. The Morgan fingerprint density at radius 1 is 1.24 bits per heavy atom. The average Bonchev–Trinajstić information content (AvgIpc) is 2.75. The summed E-state index contributed by atoms with van der Waals surface area (Å²) < 4.78 is 2.53. The lowest BCUT2D eigenvalue weighted by Gasteiger charge is -2.47.